The molecule has 0 heteroatoms. The van der Waals surface area contributed by atoms with E-state index in [9.17, 15) is 0 Å². The van der Waals surface area contributed by atoms with Crippen LogP contribution in [0.25, 0.3) is 0 Å². The molecule has 0 aromatic rings. The molecule has 0 aliphatic heterocycles. The minimum atomic E-state index is 0.491. The van der Waals surface area contributed by atoms with Crippen LogP contribution >= 0.6 is 0 Å². The van der Waals surface area contributed by atoms with Gasteiger partial charge in [-0.25, -0.2) is 0 Å². The molecule has 0 nitrogen and oxygen atoms in total. The van der Waals surface area contributed by atoms with Crippen LogP contribution in [0.3, 0.4) is 0 Å². The van der Waals surface area contributed by atoms with Crippen LogP contribution in [0.5, 0.6) is 0 Å². The summed E-state index contributed by atoms with van der Waals surface area (Å²) in [6, 6.07) is 0. The zero-order valence-electron chi connectivity index (χ0n) is 21.7. The quantitative estimate of drug-likeness (QED) is 0.394. The summed E-state index contributed by atoms with van der Waals surface area (Å²) in [7, 11) is 0. The molecule has 0 aromatic carbocycles. The van der Waals surface area contributed by atoms with Gasteiger partial charge >= 0.3 is 0 Å². The minimum Gasteiger partial charge on any atom is -0.0842 e. The molecule has 3 fully saturated rings. The van der Waals surface area contributed by atoms with E-state index in [1.165, 1.54) is 70.6 Å². The Kier molecular flexibility index (Phi) is 5.85. The summed E-state index contributed by atoms with van der Waals surface area (Å²) < 4.78 is 0. The molecule has 4 aliphatic carbocycles. The van der Waals surface area contributed by atoms with Crippen LogP contribution in [0.15, 0.2) is 11.6 Å². The zero-order valence-corrected chi connectivity index (χ0v) is 21.7. The second kappa shape index (κ2) is 7.66. The first-order valence-corrected chi connectivity index (χ1v) is 13.7. The highest BCUT2D eigenvalue weighted by Gasteiger charge is 2.69. The summed E-state index contributed by atoms with van der Waals surface area (Å²) in [6.07, 6.45) is 18.6. The van der Waals surface area contributed by atoms with Gasteiger partial charge in [0.2, 0.25) is 0 Å². The normalized spacial score (nSPS) is 49.2. The second-order valence-electron chi connectivity index (χ2n) is 13.9. The molecule has 5 unspecified atom stereocenters. The Morgan fingerprint density at radius 2 is 1.63 bits per heavy atom. The maximum absolute atomic E-state index is 2.77. The third-order valence-corrected chi connectivity index (χ3v) is 12.1. The summed E-state index contributed by atoms with van der Waals surface area (Å²) in [5.41, 5.74) is 3.89. The third-order valence-electron chi connectivity index (χ3n) is 12.1. The molecule has 4 rings (SSSR count). The van der Waals surface area contributed by atoms with Gasteiger partial charge in [-0.05, 0) is 103 Å². The summed E-state index contributed by atoms with van der Waals surface area (Å²) >= 11 is 0. The van der Waals surface area contributed by atoms with Crippen LogP contribution in [0.1, 0.15) is 126 Å². The summed E-state index contributed by atoms with van der Waals surface area (Å²) in [4.78, 5) is 0. The van der Waals surface area contributed by atoms with Crippen molar-refractivity contribution < 1.29 is 0 Å². The maximum atomic E-state index is 2.77. The van der Waals surface area contributed by atoms with Gasteiger partial charge < -0.3 is 0 Å². The molecule has 0 amide bonds. The Balaban J connectivity index is 1.61. The average Bonchev–Trinajstić information content (AvgIpc) is 2.95. The molecular formula is C30H52. The van der Waals surface area contributed by atoms with Gasteiger partial charge in [0.1, 0.15) is 0 Å². The van der Waals surface area contributed by atoms with Gasteiger partial charge in [0, 0.05) is 0 Å². The number of fused-ring (bicyclic) bond motifs is 5. The Morgan fingerprint density at radius 3 is 2.33 bits per heavy atom. The molecule has 0 bridgehead atoms. The molecule has 0 aromatic heterocycles. The fourth-order valence-corrected chi connectivity index (χ4v) is 9.82. The van der Waals surface area contributed by atoms with E-state index in [1.807, 2.05) is 5.57 Å². The number of hydrogen-bond donors (Lipinski definition) is 0. The lowest BCUT2D eigenvalue weighted by Gasteiger charge is -2.68. The first kappa shape index (κ1) is 22.9. The fourth-order valence-electron chi connectivity index (χ4n) is 9.82. The lowest BCUT2D eigenvalue weighted by Crippen LogP contribution is -2.61. The largest absolute Gasteiger partial charge is 0.0842 e. The van der Waals surface area contributed by atoms with Crippen molar-refractivity contribution in [3.05, 3.63) is 11.6 Å². The molecule has 0 saturated heterocycles. The molecule has 30 heavy (non-hydrogen) atoms. The molecule has 172 valence electrons. The lowest BCUT2D eigenvalue weighted by molar-refractivity contribution is -0.170. The Hall–Kier alpha value is -0.260. The molecule has 4 aliphatic rings. The Bertz CT molecular complexity index is 672. The number of allylic oxidation sites excluding steroid dienone is 2. The van der Waals surface area contributed by atoms with Crippen molar-refractivity contribution >= 4 is 0 Å². The van der Waals surface area contributed by atoms with Crippen molar-refractivity contribution in [2.45, 2.75) is 126 Å². The SMILES string of the molecule is CC(C)CCC[C@@H](C)C1CC[C@]2(C)C1(C)CC[C@@H]1C3(C)CCC(C)CC3=CCC12C. The monoisotopic (exact) mass is 412 g/mol. The lowest BCUT2D eigenvalue weighted by atomic mass is 9.36. The van der Waals surface area contributed by atoms with E-state index in [1.54, 1.807) is 0 Å². The summed E-state index contributed by atoms with van der Waals surface area (Å²) in [6.45, 7) is 20.8. The molecule has 8 atom stereocenters. The second-order valence-corrected chi connectivity index (χ2v) is 13.9. The van der Waals surface area contributed by atoms with Crippen LogP contribution in [-0.4, -0.2) is 0 Å². The minimum absolute atomic E-state index is 0.491. The average molecular weight is 413 g/mol. The smallest absolute Gasteiger partial charge is 0.00824 e. The van der Waals surface area contributed by atoms with Crippen LogP contribution in [0.4, 0.5) is 0 Å². The Labute approximate surface area is 189 Å². The molecular weight excluding hydrogens is 360 g/mol. The number of rotatable bonds is 5. The van der Waals surface area contributed by atoms with Gasteiger partial charge in [0.15, 0.2) is 0 Å². The van der Waals surface area contributed by atoms with E-state index < -0.39 is 0 Å². The van der Waals surface area contributed by atoms with Gasteiger partial charge in [-0.2, -0.15) is 0 Å². The molecule has 0 radical (unpaired) electrons. The zero-order chi connectivity index (χ0) is 21.9. The predicted octanol–water partition coefficient (Wildman–Crippen LogP) is 9.44. The van der Waals surface area contributed by atoms with Crippen molar-refractivity contribution in [3.63, 3.8) is 0 Å². The fraction of sp³-hybridized carbons (Fsp3) is 0.933. The van der Waals surface area contributed by atoms with Crippen molar-refractivity contribution in [2.75, 3.05) is 0 Å². The van der Waals surface area contributed by atoms with E-state index in [0.717, 1.165) is 29.6 Å². The van der Waals surface area contributed by atoms with Gasteiger partial charge in [0.05, 0.1) is 0 Å². The van der Waals surface area contributed by atoms with Crippen molar-refractivity contribution in [1.29, 1.82) is 0 Å². The van der Waals surface area contributed by atoms with Crippen LogP contribution < -0.4 is 0 Å². The van der Waals surface area contributed by atoms with E-state index in [4.69, 9.17) is 0 Å². The standard InChI is InChI=1S/C30H52/c1-21(2)10-9-11-23(4)25-14-19-30(8)28(25,6)18-15-26-27(5)16-12-22(3)20-24(27)13-17-29(26,30)7/h13,21-23,25-26H,9-12,14-20H2,1-8H3/t22?,23-,25?,26-,27?,28?,29?,30-/m1/s1. The van der Waals surface area contributed by atoms with E-state index >= 15 is 0 Å². The van der Waals surface area contributed by atoms with Crippen molar-refractivity contribution in [1.82, 2.24) is 0 Å². The first-order valence-electron chi connectivity index (χ1n) is 13.7. The van der Waals surface area contributed by atoms with E-state index in [-0.39, 0.29) is 0 Å². The molecule has 0 heterocycles. The summed E-state index contributed by atoms with van der Waals surface area (Å²) in [5.74, 6) is 4.51. The van der Waals surface area contributed by atoms with Gasteiger partial charge in [-0.3, -0.25) is 0 Å². The van der Waals surface area contributed by atoms with Gasteiger partial charge in [0.25, 0.3) is 0 Å². The summed E-state index contributed by atoms with van der Waals surface area (Å²) in [5, 5.41) is 0. The van der Waals surface area contributed by atoms with Gasteiger partial charge in [-0.1, -0.05) is 86.3 Å². The van der Waals surface area contributed by atoms with Gasteiger partial charge in [-0.15, -0.1) is 0 Å². The molecule has 0 N–H and O–H groups in total. The van der Waals surface area contributed by atoms with Crippen LogP contribution in [-0.2, 0) is 0 Å². The number of hydrogen-bond acceptors (Lipinski definition) is 0. The Morgan fingerprint density at radius 1 is 0.900 bits per heavy atom. The molecule has 0 spiro atoms. The maximum Gasteiger partial charge on any atom is -0.00824 e. The highest BCUT2D eigenvalue weighted by molar-refractivity contribution is 5.29. The van der Waals surface area contributed by atoms with Crippen molar-refractivity contribution in [3.8, 4) is 0 Å². The third kappa shape index (κ3) is 3.12. The topological polar surface area (TPSA) is 0 Å². The van der Waals surface area contributed by atoms with E-state index in [0.29, 0.717) is 21.7 Å². The predicted molar refractivity (Wildman–Crippen MR) is 131 cm³/mol. The van der Waals surface area contributed by atoms with E-state index in [2.05, 4.69) is 61.5 Å². The first-order chi connectivity index (χ1) is 14.0. The molecule has 3 saturated carbocycles. The highest BCUT2D eigenvalue weighted by atomic mass is 14.7. The van der Waals surface area contributed by atoms with Crippen LogP contribution in [0, 0.1) is 51.2 Å². The van der Waals surface area contributed by atoms with Crippen molar-refractivity contribution in [2.24, 2.45) is 51.2 Å². The highest BCUT2D eigenvalue weighted by Crippen LogP contribution is 2.77. The van der Waals surface area contributed by atoms with Crippen LogP contribution in [0.2, 0.25) is 0 Å².